The first-order valence-electron chi connectivity index (χ1n) is 7.80. The number of carbonyl (C=O) groups excluding carboxylic acids is 1. The molecule has 0 bridgehead atoms. The van der Waals surface area contributed by atoms with Crippen molar-refractivity contribution >= 4 is 40.5 Å². The smallest absolute Gasteiger partial charge is 0.223 e. The Bertz CT molecular complexity index is 749. The van der Waals surface area contributed by atoms with Crippen molar-refractivity contribution in [2.75, 3.05) is 11.9 Å². The minimum atomic E-state index is -0.198. The van der Waals surface area contributed by atoms with Crippen LogP contribution in [-0.2, 0) is 8.98 Å². The number of aliphatic hydroxyl groups is 1. The van der Waals surface area contributed by atoms with Crippen molar-refractivity contribution in [3.8, 4) is 0 Å². The maximum absolute atomic E-state index is 11.0. The number of hydrogen-bond donors (Lipinski definition) is 3. The second-order valence-corrected chi connectivity index (χ2v) is 6.68. The zero-order valence-corrected chi connectivity index (χ0v) is 16.7. The van der Waals surface area contributed by atoms with E-state index in [0.29, 0.717) is 15.7 Å². The molecule has 0 fully saturated rings. The molecule has 0 aliphatic rings. The number of nitrogens with zero attached hydrogens (tertiary/aromatic N) is 1. The minimum Gasteiger partial charge on any atom is -0.504 e. The largest absolute Gasteiger partial charge is 0.504 e. The average molecular weight is 394 g/mol. The summed E-state index contributed by atoms with van der Waals surface area (Å²) in [5.41, 5.74) is 1.30. The lowest BCUT2D eigenvalue weighted by Gasteiger charge is -2.07. The SMILES string of the molecule is C=C(/C=C\C(=C)SOC(=C/C)/C(O)=C\c1csc(NC(C)=O)n1)NCC. The summed E-state index contributed by atoms with van der Waals surface area (Å²) in [5.74, 6) is 0.00835. The van der Waals surface area contributed by atoms with E-state index in [1.807, 2.05) is 6.92 Å². The van der Waals surface area contributed by atoms with Gasteiger partial charge >= 0.3 is 0 Å². The monoisotopic (exact) mass is 393 g/mol. The molecule has 3 N–H and O–H groups in total. The van der Waals surface area contributed by atoms with E-state index in [-0.39, 0.29) is 17.4 Å². The molecular weight excluding hydrogens is 370 g/mol. The van der Waals surface area contributed by atoms with E-state index >= 15 is 0 Å². The number of thiazole rings is 1. The minimum absolute atomic E-state index is 0.0755. The molecule has 0 unspecified atom stereocenters. The van der Waals surface area contributed by atoms with Gasteiger partial charge in [0.1, 0.15) is 0 Å². The van der Waals surface area contributed by atoms with E-state index in [1.165, 1.54) is 24.3 Å². The first kappa shape index (κ1) is 21.6. The molecule has 0 aliphatic carbocycles. The van der Waals surface area contributed by atoms with Crippen LogP contribution in [0.15, 0.2) is 58.9 Å². The Balaban J connectivity index is 2.64. The zero-order valence-electron chi connectivity index (χ0n) is 15.0. The van der Waals surface area contributed by atoms with Crippen LogP contribution >= 0.6 is 23.4 Å². The van der Waals surface area contributed by atoms with Gasteiger partial charge in [-0.25, -0.2) is 4.98 Å². The summed E-state index contributed by atoms with van der Waals surface area (Å²) in [5, 5.41) is 18.1. The Morgan fingerprint density at radius 2 is 2.19 bits per heavy atom. The highest BCUT2D eigenvalue weighted by Crippen LogP contribution is 2.25. The van der Waals surface area contributed by atoms with Gasteiger partial charge in [-0.05, 0) is 32.1 Å². The van der Waals surface area contributed by atoms with E-state index < -0.39 is 0 Å². The van der Waals surface area contributed by atoms with Crippen LogP contribution in [0.1, 0.15) is 26.5 Å². The summed E-state index contributed by atoms with van der Waals surface area (Å²) in [4.78, 5) is 15.9. The van der Waals surface area contributed by atoms with Gasteiger partial charge < -0.3 is 19.9 Å². The maximum atomic E-state index is 11.0. The molecule has 0 saturated heterocycles. The molecule has 0 spiro atoms. The second kappa shape index (κ2) is 11.2. The number of hydrogen-bond acceptors (Lipinski definition) is 7. The lowest BCUT2D eigenvalue weighted by molar-refractivity contribution is -0.114. The van der Waals surface area contributed by atoms with E-state index in [0.717, 1.165) is 24.3 Å². The maximum Gasteiger partial charge on any atom is 0.223 e. The van der Waals surface area contributed by atoms with Gasteiger partial charge in [-0.15, -0.1) is 11.3 Å². The van der Waals surface area contributed by atoms with E-state index in [1.54, 1.807) is 30.5 Å². The molecule has 1 heterocycles. The fourth-order valence-electron chi connectivity index (χ4n) is 1.62. The van der Waals surface area contributed by atoms with Crippen LogP contribution in [0, 0.1) is 0 Å². The van der Waals surface area contributed by atoms with Crippen LogP contribution in [0.5, 0.6) is 0 Å². The van der Waals surface area contributed by atoms with Crippen molar-refractivity contribution in [1.29, 1.82) is 0 Å². The Labute approximate surface area is 162 Å². The van der Waals surface area contributed by atoms with Crippen molar-refractivity contribution in [2.24, 2.45) is 0 Å². The fraction of sp³-hybridized carbons (Fsp3) is 0.222. The van der Waals surface area contributed by atoms with Gasteiger partial charge in [0.05, 0.1) is 17.7 Å². The summed E-state index contributed by atoms with van der Waals surface area (Å²) in [6.07, 6.45) is 6.66. The second-order valence-electron chi connectivity index (χ2n) is 4.96. The van der Waals surface area contributed by atoms with Gasteiger partial charge in [0.25, 0.3) is 0 Å². The average Bonchev–Trinajstić information content (AvgIpc) is 2.99. The lowest BCUT2D eigenvalue weighted by atomic mass is 10.3. The summed E-state index contributed by atoms with van der Waals surface area (Å²) >= 11 is 2.30. The van der Waals surface area contributed by atoms with E-state index in [9.17, 15) is 9.90 Å². The van der Waals surface area contributed by atoms with Gasteiger partial charge in [0.15, 0.2) is 16.6 Å². The molecule has 6 nitrogen and oxygen atoms in total. The van der Waals surface area contributed by atoms with Crippen molar-refractivity contribution < 1.29 is 14.1 Å². The highest BCUT2D eigenvalue weighted by atomic mass is 32.2. The third kappa shape index (κ3) is 8.09. The number of amides is 1. The van der Waals surface area contributed by atoms with E-state index in [4.69, 9.17) is 4.18 Å². The Morgan fingerprint density at radius 3 is 2.81 bits per heavy atom. The summed E-state index contributed by atoms with van der Waals surface area (Å²) in [6, 6.07) is 0. The number of rotatable bonds is 10. The molecule has 0 saturated carbocycles. The highest BCUT2D eigenvalue weighted by molar-refractivity contribution is 7.98. The van der Waals surface area contributed by atoms with Crippen molar-refractivity contribution in [1.82, 2.24) is 10.3 Å². The summed E-state index contributed by atoms with van der Waals surface area (Å²) in [7, 11) is 0. The highest BCUT2D eigenvalue weighted by Gasteiger charge is 2.08. The number of nitrogens with one attached hydrogen (secondary N) is 2. The summed E-state index contributed by atoms with van der Waals surface area (Å²) < 4.78 is 5.52. The molecule has 0 atom stereocenters. The number of aromatic nitrogens is 1. The Kier molecular flexibility index (Phi) is 9.32. The van der Waals surface area contributed by atoms with Crippen LogP contribution in [0.4, 0.5) is 5.13 Å². The first-order chi connectivity index (χ1) is 12.3. The number of aliphatic hydroxyl groups excluding tert-OH is 1. The number of allylic oxidation sites excluding steroid dienone is 3. The van der Waals surface area contributed by atoms with Crippen LogP contribution in [0.25, 0.3) is 6.08 Å². The van der Waals surface area contributed by atoms with Crippen LogP contribution < -0.4 is 10.6 Å². The molecule has 0 aromatic carbocycles. The molecule has 1 aromatic rings. The van der Waals surface area contributed by atoms with Crippen molar-refractivity contribution in [3.63, 3.8) is 0 Å². The van der Waals surface area contributed by atoms with Crippen molar-refractivity contribution in [3.05, 3.63) is 64.6 Å². The number of anilines is 1. The van der Waals surface area contributed by atoms with Gasteiger partial charge in [0, 0.05) is 35.5 Å². The Morgan fingerprint density at radius 1 is 1.46 bits per heavy atom. The topological polar surface area (TPSA) is 83.5 Å². The normalized spacial score (nSPS) is 12.1. The number of carbonyl (C=O) groups is 1. The van der Waals surface area contributed by atoms with Gasteiger partial charge in [-0.1, -0.05) is 13.2 Å². The molecule has 8 heteroatoms. The lowest BCUT2D eigenvalue weighted by Crippen LogP contribution is -2.08. The quantitative estimate of drug-likeness (QED) is 0.302. The zero-order chi connectivity index (χ0) is 19.5. The predicted octanol–water partition coefficient (Wildman–Crippen LogP) is 4.76. The Hall–Kier alpha value is -2.45. The molecule has 1 aromatic heterocycles. The third-order valence-electron chi connectivity index (χ3n) is 2.72. The molecule has 1 amide bonds. The molecule has 0 radical (unpaired) electrons. The molecular formula is C18H23N3O3S2. The van der Waals surface area contributed by atoms with E-state index in [2.05, 4.69) is 28.8 Å². The third-order valence-corrected chi connectivity index (χ3v) is 4.11. The summed E-state index contributed by atoms with van der Waals surface area (Å²) in [6.45, 7) is 13.6. The molecule has 26 heavy (non-hydrogen) atoms. The predicted molar refractivity (Wildman–Crippen MR) is 111 cm³/mol. The molecule has 0 aliphatic heterocycles. The van der Waals surface area contributed by atoms with Gasteiger partial charge in [-0.2, -0.15) is 0 Å². The fourth-order valence-corrected chi connectivity index (χ4v) is 2.83. The van der Waals surface area contributed by atoms with Crippen LogP contribution in [0.3, 0.4) is 0 Å². The number of likely N-dealkylation sites (N-methyl/N-ethyl adjacent to an activating group) is 1. The first-order valence-corrected chi connectivity index (χ1v) is 9.42. The van der Waals surface area contributed by atoms with Gasteiger partial charge in [-0.3, -0.25) is 4.79 Å². The van der Waals surface area contributed by atoms with Crippen LogP contribution in [0.2, 0.25) is 0 Å². The standard InChI is InChI=1S/C18H23N3O3S2/c1-6-17(24-26-13(4)9-8-12(3)19-7-2)16(23)10-15-11-25-18(21-15)20-14(5)22/h6,8-11,19,23H,3-4,7H2,1-2,5H3,(H,20,21,22)/b9-8-,16-10+,17-6+. The van der Waals surface area contributed by atoms with Gasteiger partial charge in [0.2, 0.25) is 5.91 Å². The molecule has 1 rings (SSSR count). The molecule has 140 valence electrons. The van der Waals surface area contributed by atoms with Crippen LogP contribution in [-0.4, -0.2) is 22.5 Å². The van der Waals surface area contributed by atoms with Crippen molar-refractivity contribution in [2.45, 2.75) is 20.8 Å².